The minimum atomic E-state index is -0.552. The average molecular weight is 402 g/mol. The Morgan fingerprint density at radius 3 is 2.69 bits per heavy atom. The van der Waals surface area contributed by atoms with Gasteiger partial charge in [-0.1, -0.05) is 12.1 Å². The van der Waals surface area contributed by atoms with E-state index in [0.29, 0.717) is 24.1 Å². The second-order valence-electron chi connectivity index (χ2n) is 7.68. The average Bonchev–Trinajstić information content (AvgIpc) is 2.71. The van der Waals surface area contributed by atoms with Crippen LogP contribution in [0.3, 0.4) is 0 Å². The molecule has 0 saturated carbocycles. The summed E-state index contributed by atoms with van der Waals surface area (Å²) in [7, 11) is 3.62. The van der Waals surface area contributed by atoms with Gasteiger partial charge in [-0.25, -0.2) is 0 Å². The summed E-state index contributed by atoms with van der Waals surface area (Å²) in [6.45, 7) is 8.68. The molecule has 6 heteroatoms. The largest absolute Gasteiger partial charge is 0.493 e. The van der Waals surface area contributed by atoms with E-state index >= 15 is 0 Å². The summed E-state index contributed by atoms with van der Waals surface area (Å²) >= 11 is 0. The fourth-order valence-corrected chi connectivity index (χ4v) is 2.94. The number of aromatic nitrogens is 1. The lowest BCUT2D eigenvalue weighted by molar-refractivity contribution is 0.0668. The highest BCUT2D eigenvalue weighted by Gasteiger charge is 2.13. The van der Waals surface area contributed by atoms with Crippen LogP contribution in [0.4, 0.5) is 0 Å². The molecule has 2 rings (SSSR count). The van der Waals surface area contributed by atoms with Crippen molar-refractivity contribution in [3.8, 4) is 11.5 Å². The monoisotopic (exact) mass is 401 g/mol. The topological polar surface area (TPSA) is 66.8 Å². The van der Waals surface area contributed by atoms with Gasteiger partial charge in [0.1, 0.15) is 12.7 Å². The first-order valence-corrected chi connectivity index (χ1v) is 10.2. The van der Waals surface area contributed by atoms with Crippen molar-refractivity contribution in [1.29, 1.82) is 0 Å². The van der Waals surface area contributed by atoms with E-state index in [1.165, 1.54) is 5.56 Å². The van der Waals surface area contributed by atoms with Crippen LogP contribution in [0.1, 0.15) is 30.7 Å². The molecule has 29 heavy (non-hydrogen) atoms. The molecule has 2 N–H and O–H groups in total. The number of aliphatic hydroxyl groups excluding tert-OH is 1. The Morgan fingerprint density at radius 2 is 2.00 bits per heavy atom. The zero-order valence-corrected chi connectivity index (χ0v) is 18.3. The molecule has 0 bridgehead atoms. The summed E-state index contributed by atoms with van der Waals surface area (Å²) in [6, 6.07) is 10.3. The molecule has 0 aliphatic rings. The molecular weight excluding hydrogens is 366 g/mol. The van der Waals surface area contributed by atoms with Crippen molar-refractivity contribution < 1.29 is 14.6 Å². The van der Waals surface area contributed by atoms with Crippen molar-refractivity contribution in [2.24, 2.45) is 0 Å². The van der Waals surface area contributed by atoms with Crippen molar-refractivity contribution in [3.05, 3.63) is 53.3 Å². The molecule has 1 aromatic heterocycles. The smallest absolute Gasteiger partial charge is 0.161 e. The van der Waals surface area contributed by atoms with Crippen LogP contribution in [0.5, 0.6) is 11.5 Å². The molecule has 0 aliphatic heterocycles. The first-order chi connectivity index (χ1) is 13.9. The maximum Gasteiger partial charge on any atom is 0.161 e. The van der Waals surface area contributed by atoms with Gasteiger partial charge < -0.3 is 24.8 Å². The van der Waals surface area contributed by atoms with Crippen molar-refractivity contribution in [2.75, 3.05) is 33.9 Å². The van der Waals surface area contributed by atoms with E-state index in [2.05, 4.69) is 42.0 Å². The van der Waals surface area contributed by atoms with Crippen molar-refractivity contribution in [1.82, 2.24) is 15.2 Å². The number of rotatable bonds is 12. The number of benzene rings is 1. The predicted molar refractivity (Wildman–Crippen MR) is 117 cm³/mol. The first kappa shape index (κ1) is 23.1. The van der Waals surface area contributed by atoms with Crippen LogP contribution in [-0.2, 0) is 13.0 Å². The third-order valence-corrected chi connectivity index (χ3v) is 5.03. The number of methoxy groups -OCH3 is 1. The molecular formula is C23H35N3O3. The lowest BCUT2D eigenvalue weighted by atomic mass is 10.1. The second kappa shape index (κ2) is 11.8. The maximum absolute atomic E-state index is 10.2. The van der Waals surface area contributed by atoms with Gasteiger partial charge in [0.2, 0.25) is 0 Å². The Bertz CT molecular complexity index is 752. The lowest BCUT2D eigenvalue weighted by Crippen LogP contribution is -2.36. The van der Waals surface area contributed by atoms with Crippen LogP contribution in [0, 0.1) is 6.92 Å². The normalized spacial score (nSPS) is 12.4. The van der Waals surface area contributed by atoms with Gasteiger partial charge in [0, 0.05) is 44.0 Å². The molecule has 1 atom stereocenters. The summed E-state index contributed by atoms with van der Waals surface area (Å²) in [4.78, 5) is 6.51. The van der Waals surface area contributed by atoms with E-state index < -0.39 is 6.10 Å². The van der Waals surface area contributed by atoms with Gasteiger partial charge in [-0.15, -0.1) is 0 Å². The number of aliphatic hydroxyl groups is 1. The van der Waals surface area contributed by atoms with Crippen LogP contribution in [-0.4, -0.2) is 61.0 Å². The maximum atomic E-state index is 10.2. The Balaban J connectivity index is 1.82. The minimum absolute atomic E-state index is 0.231. The molecule has 1 aromatic carbocycles. The number of nitrogens with zero attached hydrogens (tertiary/aromatic N) is 2. The highest BCUT2D eigenvalue weighted by Crippen LogP contribution is 2.28. The number of likely N-dealkylation sites (N-methyl/N-ethyl adjacent to an activating group) is 1. The van der Waals surface area contributed by atoms with E-state index in [4.69, 9.17) is 9.47 Å². The molecule has 1 unspecified atom stereocenters. The summed E-state index contributed by atoms with van der Waals surface area (Å²) in [5.41, 5.74) is 3.47. The fraction of sp³-hybridized carbons (Fsp3) is 0.522. The highest BCUT2D eigenvalue weighted by molar-refractivity contribution is 5.43. The molecule has 0 saturated heterocycles. The molecule has 1 heterocycles. The van der Waals surface area contributed by atoms with Gasteiger partial charge in [0.25, 0.3) is 0 Å². The zero-order chi connectivity index (χ0) is 21.2. The van der Waals surface area contributed by atoms with Gasteiger partial charge in [0.15, 0.2) is 11.5 Å². The molecule has 160 valence electrons. The predicted octanol–water partition coefficient (Wildman–Crippen LogP) is 2.81. The summed E-state index contributed by atoms with van der Waals surface area (Å²) in [6.07, 6.45) is 2.18. The summed E-state index contributed by atoms with van der Waals surface area (Å²) < 4.78 is 11.3. The molecule has 0 aliphatic carbocycles. The van der Waals surface area contributed by atoms with E-state index in [0.717, 1.165) is 30.8 Å². The van der Waals surface area contributed by atoms with E-state index in [-0.39, 0.29) is 6.61 Å². The van der Waals surface area contributed by atoms with Gasteiger partial charge in [-0.2, -0.15) is 0 Å². The first-order valence-electron chi connectivity index (χ1n) is 10.2. The third kappa shape index (κ3) is 7.65. The van der Waals surface area contributed by atoms with Crippen molar-refractivity contribution >= 4 is 0 Å². The number of nitrogens with one attached hydrogen (secondary N) is 1. The van der Waals surface area contributed by atoms with Gasteiger partial charge in [-0.3, -0.25) is 4.98 Å². The Kier molecular flexibility index (Phi) is 9.38. The van der Waals surface area contributed by atoms with E-state index in [9.17, 15) is 5.11 Å². The summed E-state index contributed by atoms with van der Waals surface area (Å²) in [5, 5.41) is 13.6. The molecule has 0 amide bonds. The summed E-state index contributed by atoms with van der Waals surface area (Å²) in [5.74, 6) is 1.32. The Hall–Kier alpha value is -2.15. The molecule has 6 nitrogen and oxygen atoms in total. The molecule has 2 aromatic rings. The molecule has 0 fully saturated rings. The van der Waals surface area contributed by atoms with Gasteiger partial charge in [-0.05, 0) is 57.1 Å². The number of pyridine rings is 1. The zero-order valence-electron chi connectivity index (χ0n) is 18.3. The molecule has 0 spiro atoms. The van der Waals surface area contributed by atoms with Gasteiger partial charge in [0.05, 0.1) is 7.11 Å². The third-order valence-electron chi connectivity index (χ3n) is 5.03. The van der Waals surface area contributed by atoms with Gasteiger partial charge >= 0.3 is 0 Å². The van der Waals surface area contributed by atoms with Crippen LogP contribution in [0.25, 0.3) is 0 Å². The van der Waals surface area contributed by atoms with Crippen LogP contribution in [0.15, 0.2) is 36.5 Å². The molecule has 0 radical (unpaired) electrons. The minimum Gasteiger partial charge on any atom is -0.493 e. The van der Waals surface area contributed by atoms with Crippen LogP contribution >= 0.6 is 0 Å². The quantitative estimate of drug-likeness (QED) is 0.533. The standard InChI is InChI=1S/C23H35N3O3/c1-17(2)26(4)15-20(27)16-29-22-9-8-19(13-23(22)28-5)14-24-12-10-21-18(3)7-6-11-25-21/h6-9,11,13,17,20,24,27H,10,12,14-16H2,1-5H3. The highest BCUT2D eigenvalue weighted by atomic mass is 16.5. The van der Waals surface area contributed by atoms with Crippen molar-refractivity contribution in [3.63, 3.8) is 0 Å². The number of hydrogen-bond acceptors (Lipinski definition) is 6. The van der Waals surface area contributed by atoms with Crippen molar-refractivity contribution in [2.45, 2.75) is 45.9 Å². The van der Waals surface area contributed by atoms with Crippen LogP contribution in [0.2, 0.25) is 0 Å². The SMILES string of the molecule is COc1cc(CNCCc2ncccc2C)ccc1OCC(O)CN(C)C(C)C. The van der Waals surface area contributed by atoms with E-state index in [1.807, 2.05) is 37.5 Å². The van der Waals surface area contributed by atoms with E-state index in [1.54, 1.807) is 7.11 Å². The number of ether oxygens (including phenoxy) is 2. The Morgan fingerprint density at radius 1 is 1.21 bits per heavy atom. The number of aryl methyl sites for hydroxylation is 1. The second-order valence-corrected chi connectivity index (χ2v) is 7.68. The Labute approximate surface area is 174 Å². The van der Waals surface area contributed by atoms with Crippen LogP contribution < -0.4 is 14.8 Å². The lowest BCUT2D eigenvalue weighted by Gasteiger charge is -2.24. The number of hydrogen-bond donors (Lipinski definition) is 2. The fourth-order valence-electron chi connectivity index (χ4n) is 2.94.